The van der Waals surface area contributed by atoms with Crippen molar-refractivity contribution in [1.29, 1.82) is 0 Å². The van der Waals surface area contributed by atoms with Crippen LogP contribution in [-0.4, -0.2) is 72.3 Å². The van der Waals surface area contributed by atoms with Gasteiger partial charge in [0.15, 0.2) is 0 Å². The number of fused-ring (bicyclic) bond motifs is 2. The number of amides is 2. The van der Waals surface area contributed by atoms with E-state index in [-0.39, 0.29) is 11.8 Å². The molecule has 16 heteroatoms. The number of anilines is 2. The van der Waals surface area contributed by atoms with Gasteiger partial charge in [-0.25, -0.2) is 4.98 Å². The molecule has 0 aliphatic carbocycles. The SMILES string of the molecule is Cc1nnc(-c2cc(-c3ccncc3)cc3c2CCN3C(=O)[C@@H](N)Cc2ccccc2)o1.Cc1nnc(-c2cc(-c3ccncc3)cc3c2CCN3C(=O)[C@H](Cc2ccccc2)NCc2cscn2)o1. The molecule has 0 fully saturated rings. The van der Waals surface area contributed by atoms with Gasteiger partial charge in [0.05, 0.1) is 23.3 Å². The van der Waals surface area contributed by atoms with Crippen LogP contribution in [-0.2, 0) is 41.8 Å². The molecule has 7 heterocycles. The maximum atomic E-state index is 14.2. The summed E-state index contributed by atoms with van der Waals surface area (Å²) in [6.45, 7) is 5.22. The van der Waals surface area contributed by atoms with Crippen molar-refractivity contribution in [1.82, 2.24) is 40.7 Å². The largest absolute Gasteiger partial charge is 0.421 e. The topological polar surface area (TPSA) is 195 Å². The number of nitrogens with zero attached hydrogens (tertiary/aromatic N) is 9. The third-order valence-electron chi connectivity index (χ3n) is 12.5. The standard InChI is InChI=1S/C29H26N6O2S.C25H23N5O2/c1-19-33-34-28(37-19)25-14-22(21-7-10-30-11-8-21)15-27-24(25)9-12-35(27)29(36)26(13-20-5-3-2-4-6-20)31-16-23-17-38-18-32-23;1-16-28-29-24(32-16)21-14-19(18-7-10-27-11-8-18)15-23-20(21)9-12-30(23)25(31)22(26)13-17-5-3-2-4-6-17/h2-8,10-11,14-15,17-18,26,31H,9,12-13,16H2,1H3;2-8,10-11,14-15,22H,9,12-13,26H2,1H3/t26-;22-/m00/s1. The zero-order chi connectivity index (χ0) is 48.0. The number of carbonyl (C=O) groups is 2. The number of nitrogens with two attached hydrogens (primary N) is 1. The summed E-state index contributed by atoms with van der Waals surface area (Å²) < 4.78 is 11.6. The number of nitrogens with one attached hydrogen (secondary N) is 1. The van der Waals surface area contributed by atoms with Gasteiger partial charge in [-0.05, 0) is 119 Å². The lowest BCUT2D eigenvalue weighted by molar-refractivity contribution is -0.121. The molecular weight excluding hydrogens is 899 g/mol. The normalized spacial score (nSPS) is 13.6. The number of rotatable bonds is 13. The molecule has 5 aromatic heterocycles. The van der Waals surface area contributed by atoms with Crippen LogP contribution in [0.5, 0.6) is 0 Å². The molecule has 15 nitrogen and oxygen atoms in total. The second-order valence-electron chi connectivity index (χ2n) is 17.1. The lowest BCUT2D eigenvalue weighted by atomic mass is 9.97. The number of hydrogen-bond donors (Lipinski definition) is 2. The second-order valence-corrected chi connectivity index (χ2v) is 17.9. The van der Waals surface area contributed by atoms with Gasteiger partial charge in [-0.15, -0.1) is 31.7 Å². The summed E-state index contributed by atoms with van der Waals surface area (Å²) in [5.74, 6) is 1.86. The molecule has 2 atom stereocenters. The van der Waals surface area contributed by atoms with Gasteiger partial charge in [-0.2, -0.15) is 0 Å². The molecule has 0 radical (unpaired) electrons. The quantitative estimate of drug-likeness (QED) is 0.112. The minimum Gasteiger partial charge on any atom is -0.421 e. The molecule has 4 aromatic carbocycles. The van der Waals surface area contributed by atoms with Crippen LogP contribution in [0.1, 0.15) is 39.7 Å². The molecule has 0 spiro atoms. The first-order valence-electron chi connectivity index (χ1n) is 23.1. The van der Waals surface area contributed by atoms with Crippen LogP contribution in [0.3, 0.4) is 0 Å². The maximum absolute atomic E-state index is 14.2. The molecule has 350 valence electrons. The number of carbonyl (C=O) groups excluding carboxylic acids is 2. The minimum absolute atomic E-state index is 0.0300. The lowest BCUT2D eigenvalue weighted by Crippen LogP contribution is -2.47. The highest BCUT2D eigenvalue weighted by Gasteiger charge is 2.34. The molecule has 2 aliphatic heterocycles. The molecule has 2 aliphatic rings. The summed E-state index contributed by atoms with van der Waals surface area (Å²) in [6, 6.07) is 34.9. The lowest BCUT2D eigenvalue weighted by Gasteiger charge is -2.25. The predicted octanol–water partition coefficient (Wildman–Crippen LogP) is 8.42. The Hall–Kier alpha value is -8.05. The fourth-order valence-corrected chi connectivity index (χ4v) is 9.63. The Morgan fingerprint density at radius 1 is 0.643 bits per heavy atom. The summed E-state index contributed by atoms with van der Waals surface area (Å²) in [5.41, 5.74) is 20.6. The number of pyridine rings is 2. The Balaban J connectivity index is 0.000000165. The van der Waals surface area contributed by atoms with Crippen molar-refractivity contribution >= 4 is 34.5 Å². The van der Waals surface area contributed by atoms with Gasteiger partial charge in [0, 0.05) is 86.2 Å². The number of thiazole rings is 1. The van der Waals surface area contributed by atoms with Crippen LogP contribution < -0.4 is 20.9 Å². The van der Waals surface area contributed by atoms with Crippen LogP contribution >= 0.6 is 11.3 Å². The van der Waals surface area contributed by atoms with Crippen LogP contribution in [0.4, 0.5) is 11.4 Å². The summed E-state index contributed by atoms with van der Waals surface area (Å²) in [5, 5.41) is 22.0. The third kappa shape index (κ3) is 10.1. The molecule has 2 amide bonds. The van der Waals surface area contributed by atoms with Gasteiger partial charge < -0.3 is 24.4 Å². The Morgan fingerprint density at radius 3 is 1.61 bits per heavy atom. The van der Waals surface area contributed by atoms with Crippen molar-refractivity contribution in [2.75, 3.05) is 22.9 Å². The van der Waals surface area contributed by atoms with E-state index < -0.39 is 12.1 Å². The second kappa shape index (κ2) is 20.7. The van der Waals surface area contributed by atoms with Crippen molar-refractivity contribution in [3.63, 3.8) is 0 Å². The Morgan fingerprint density at radius 2 is 1.14 bits per heavy atom. The fourth-order valence-electron chi connectivity index (χ4n) is 9.07. The van der Waals surface area contributed by atoms with E-state index in [4.69, 9.17) is 14.6 Å². The van der Waals surface area contributed by atoms with Gasteiger partial charge >= 0.3 is 0 Å². The maximum Gasteiger partial charge on any atom is 0.248 e. The molecular formula is C54H49N11O4S. The van der Waals surface area contributed by atoms with E-state index >= 15 is 0 Å². The van der Waals surface area contributed by atoms with E-state index in [0.717, 1.165) is 72.7 Å². The van der Waals surface area contributed by atoms with Gasteiger partial charge in [-0.1, -0.05) is 60.7 Å². The summed E-state index contributed by atoms with van der Waals surface area (Å²) in [6.07, 6.45) is 9.50. The molecule has 0 saturated carbocycles. The van der Waals surface area contributed by atoms with E-state index in [1.807, 2.05) is 101 Å². The third-order valence-corrected chi connectivity index (χ3v) is 13.1. The predicted molar refractivity (Wildman–Crippen MR) is 269 cm³/mol. The molecule has 9 aromatic rings. The molecule has 70 heavy (non-hydrogen) atoms. The average molecular weight is 948 g/mol. The Labute approximate surface area is 408 Å². The molecule has 0 saturated heterocycles. The Kier molecular flexibility index (Phi) is 13.5. The highest BCUT2D eigenvalue weighted by atomic mass is 32.1. The fraction of sp³-hybridized carbons (Fsp3) is 0.204. The smallest absolute Gasteiger partial charge is 0.248 e. The molecule has 0 unspecified atom stereocenters. The van der Waals surface area contributed by atoms with E-state index in [1.165, 1.54) is 0 Å². The summed E-state index contributed by atoms with van der Waals surface area (Å²) in [7, 11) is 0. The van der Waals surface area contributed by atoms with Gasteiger partial charge in [-0.3, -0.25) is 24.9 Å². The number of hydrogen-bond acceptors (Lipinski definition) is 14. The zero-order valence-electron chi connectivity index (χ0n) is 38.6. The van der Waals surface area contributed by atoms with Crippen LogP contribution in [0.25, 0.3) is 45.2 Å². The zero-order valence-corrected chi connectivity index (χ0v) is 39.4. The highest BCUT2D eigenvalue weighted by molar-refractivity contribution is 7.07. The van der Waals surface area contributed by atoms with Gasteiger partial charge in [0.1, 0.15) is 0 Å². The first kappa shape index (κ1) is 45.7. The Bertz CT molecular complexity index is 3220. The van der Waals surface area contributed by atoms with Crippen molar-refractivity contribution in [3.05, 3.63) is 185 Å². The van der Waals surface area contributed by atoms with Crippen molar-refractivity contribution in [2.24, 2.45) is 5.73 Å². The van der Waals surface area contributed by atoms with Crippen LogP contribution in [0, 0.1) is 13.8 Å². The number of aromatic nitrogens is 7. The average Bonchev–Trinajstić information content (AvgIpc) is 4.28. The minimum atomic E-state index is -0.623. The summed E-state index contributed by atoms with van der Waals surface area (Å²) >= 11 is 1.55. The van der Waals surface area contributed by atoms with Crippen molar-refractivity contribution < 1.29 is 18.4 Å². The molecule has 0 bridgehead atoms. The summed E-state index contributed by atoms with van der Waals surface area (Å²) in [4.78, 5) is 43.8. The van der Waals surface area contributed by atoms with Crippen LogP contribution in [0.2, 0.25) is 0 Å². The van der Waals surface area contributed by atoms with E-state index in [1.54, 1.807) is 54.9 Å². The number of aryl methyl sites for hydroxylation is 2. The highest BCUT2D eigenvalue weighted by Crippen LogP contribution is 2.42. The van der Waals surface area contributed by atoms with Crippen molar-refractivity contribution in [3.8, 4) is 45.2 Å². The monoisotopic (exact) mass is 947 g/mol. The van der Waals surface area contributed by atoms with E-state index in [9.17, 15) is 9.59 Å². The number of benzene rings is 4. The molecule has 11 rings (SSSR count). The van der Waals surface area contributed by atoms with E-state index in [0.29, 0.717) is 68.9 Å². The first-order chi connectivity index (χ1) is 34.3. The van der Waals surface area contributed by atoms with Crippen molar-refractivity contribution in [2.45, 2.75) is 58.2 Å². The van der Waals surface area contributed by atoms with Crippen LogP contribution in [0.15, 0.2) is 154 Å². The first-order valence-corrected chi connectivity index (χ1v) is 24.0. The van der Waals surface area contributed by atoms with Gasteiger partial charge in [0.25, 0.3) is 0 Å². The van der Waals surface area contributed by atoms with E-state index in [2.05, 4.69) is 64.9 Å². The molecule has 3 N–H and O–H groups in total. The van der Waals surface area contributed by atoms with Gasteiger partial charge in [0.2, 0.25) is 35.4 Å².